The second-order valence-electron chi connectivity index (χ2n) is 12.2. The molecule has 1 heterocycles. The molecule has 3 rings (SSSR count). The molecule has 0 atom stereocenters. The fraction of sp³-hybridized carbons (Fsp3) is 0.543. The summed E-state index contributed by atoms with van der Waals surface area (Å²) in [5, 5.41) is 7.99. The van der Waals surface area contributed by atoms with Gasteiger partial charge in [0.1, 0.15) is 5.75 Å². The number of carbonyl (C=O) groups is 1. The van der Waals surface area contributed by atoms with Gasteiger partial charge in [-0.25, -0.2) is 4.79 Å². The molecule has 3 aromatic rings. The van der Waals surface area contributed by atoms with Crippen LogP contribution in [-0.4, -0.2) is 12.6 Å². The Bertz CT molecular complexity index is 1140. The molecule has 7 heteroatoms. The number of halogens is 1. The van der Waals surface area contributed by atoms with E-state index < -0.39 is 0 Å². The quantitative estimate of drug-likeness (QED) is 0.113. The molecule has 0 bridgehead atoms. The molecule has 0 spiro atoms. The SMILES string of the molecule is CCCCCCCCCCCCCCOc1ccc(NC(=O)Nc2ccc(C[n+]3ccsc3)cc2)cc1C(C)(C)C.[Br-]. The van der Waals surface area contributed by atoms with Gasteiger partial charge in [-0.2, -0.15) is 4.57 Å². The van der Waals surface area contributed by atoms with Gasteiger partial charge in [0, 0.05) is 22.5 Å². The smallest absolute Gasteiger partial charge is 0.323 e. The first-order chi connectivity index (χ1) is 19.8. The van der Waals surface area contributed by atoms with Crippen LogP contribution in [0.25, 0.3) is 0 Å². The van der Waals surface area contributed by atoms with Crippen molar-refractivity contribution >= 4 is 28.7 Å². The van der Waals surface area contributed by atoms with E-state index in [0.29, 0.717) is 0 Å². The molecular formula is C35H52BrN3O2S. The topological polar surface area (TPSA) is 54.2 Å². The number of unbranched alkanes of at least 4 members (excludes halogenated alkanes) is 11. The van der Waals surface area contributed by atoms with E-state index in [0.717, 1.165) is 42.3 Å². The van der Waals surface area contributed by atoms with Crippen LogP contribution in [0.4, 0.5) is 16.2 Å². The maximum atomic E-state index is 12.7. The van der Waals surface area contributed by atoms with Crippen LogP contribution in [0.3, 0.4) is 0 Å². The van der Waals surface area contributed by atoms with Gasteiger partial charge in [0.25, 0.3) is 0 Å². The lowest BCUT2D eigenvalue weighted by molar-refractivity contribution is -0.683. The standard InChI is InChI=1S/C35H51N3O2S.BrH/c1-5-6-7-8-9-10-11-12-13-14-15-16-24-40-33-22-21-31(26-32(33)35(2,3)4)37-34(39)36-30-19-17-29(18-20-30)27-38-23-25-41-28-38;/h17-23,25-26,28H,5-16,24,27H2,1-4H3,(H-,36,37,39);1H. The lowest BCUT2D eigenvalue weighted by atomic mass is 9.86. The summed E-state index contributed by atoms with van der Waals surface area (Å²) < 4.78 is 8.37. The first-order valence-electron chi connectivity index (χ1n) is 15.7. The van der Waals surface area contributed by atoms with Crippen molar-refractivity contribution in [3.8, 4) is 5.75 Å². The fourth-order valence-corrected chi connectivity index (χ4v) is 5.59. The van der Waals surface area contributed by atoms with Crippen LogP contribution in [0.1, 0.15) is 116 Å². The minimum atomic E-state index is -0.255. The molecule has 0 radical (unpaired) electrons. The van der Waals surface area contributed by atoms with Crippen LogP contribution in [0, 0.1) is 0 Å². The Morgan fingerprint density at radius 3 is 1.95 bits per heavy atom. The van der Waals surface area contributed by atoms with Crippen LogP contribution in [0.15, 0.2) is 59.6 Å². The highest BCUT2D eigenvalue weighted by Crippen LogP contribution is 2.34. The van der Waals surface area contributed by atoms with E-state index in [4.69, 9.17) is 4.74 Å². The second-order valence-corrected chi connectivity index (χ2v) is 12.9. The average molecular weight is 659 g/mol. The molecule has 2 amide bonds. The summed E-state index contributed by atoms with van der Waals surface area (Å²) in [6.45, 7) is 10.4. The van der Waals surface area contributed by atoms with Crippen molar-refractivity contribution in [1.82, 2.24) is 0 Å². The molecule has 0 aliphatic heterocycles. The van der Waals surface area contributed by atoms with E-state index in [1.807, 2.05) is 42.5 Å². The molecule has 0 unspecified atom stereocenters. The van der Waals surface area contributed by atoms with Gasteiger partial charge in [0.05, 0.1) is 12.0 Å². The number of aromatic nitrogens is 1. The predicted octanol–water partition coefficient (Wildman–Crippen LogP) is 7.11. The number of nitrogens with zero attached hydrogens (tertiary/aromatic N) is 1. The van der Waals surface area contributed by atoms with E-state index in [1.54, 1.807) is 11.3 Å². The molecule has 0 saturated carbocycles. The minimum absolute atomic E-state index is 0. The maximum absolute atomic E-state index is 12.7. The van der Waals surface area contributed by atoms with Gasteiger partial charge in [-0.1, -0.05) is 122 Å². The summed E-state index contributed by atoms with van der Waals surface area (Å²) in [6, 6.07) is 13.7. The number of nitrogens with one attached hydrogen (secondary N) is 2. The fourth-order valence-electron chi connectivity index (χ4n) is 4.99. The average Bonchev–Trinajstić information content (AvgIpc) is 3.45. The molecule has 0 fully saturated rings. The summed E-state index contributed by atoms with van der Waals surface area (Å²) >= 11 is 1.67. The van der Waals surface area contributed by atoms with Gasteiger partial charge < -0.3 is 32.4 Å². The number of hydrogen-bond donors (Lipinski definition) is 2. The first-order valence-corrected chi connectivity index (χ1v) is 16.6. The molecule has 42 heavy (non-hydrogen) atoms. The third-order valence-electron chi connectivity index (χ3n) is 7.41. The molecular weight excluding hydrogens is 606 g/mol. The molecule has 2 aromatic carbocycles. The van der Waals surface area contributed by atoms with E-state index in [9.17, 15) is 4.79 Å². The lowest BCUT2D eigenvalue weighted by Crippen LogP contribution is -3.00. The molecule has 2 N–H and O–H groups in total. The third kappa shape index (κ3) is 13.7. The highest BCUT2D eigenvalue weighted by atomic mass is 79.9. The number of anilines is 2. The maximum Gasteiger partial charge on any atom is 0.323 e. The van der Waals surface area contributed by atoms with Crippen LogP contribution in [0.5, 0.6) is 5.75 Å². The number of amides is 2. The van der Waals surface area contributed by atoms with Crippen molar-refractivity contribution in [2.75, 3.05) is 17.2 Å². The Kier molecular flexibility index (Phi) is 16.8. The Balaban J connectivity index is 0.00000616. The number of rotatable bonds is 18. The zero-order chi connectivity index (χ0) is 29.3. The summed E-state index contributed by atoms with van der Waals surface area (Å²) in [4.78, 5) is 12.7. The van der Waals surface area contributed by atoms with Crippen molar-refractivity contribution in [1.29, 1.82) is 0 Å². The highest BCUT2D eigenvalue weighted by Gasteiger charge is 2.20. The third-order valence-corrected chi connectivity index (χ3v) is 8.08. The normalized spacial score (nSPS) is 11.1. The summed E-state index contributed by atoms with van der Waals surface area (Å²) in [5.41, 5.74) is 5.80. The van der Waals surface area contributed by atoms with Gasteiger partial charge in [-0.3, -0.25) is 0 Å². The van der Waals surface area contributed by atoms with Crippen molar-refractivity contribution in [3.05, 3.63) is 70.7 Å². The van der Waals surface area contributed by atoms with Crippen LogP contribution in [-0.2, 0) is 12.0 Å². The first kappa shape index (κ1) is 35.8. The number of hydrogen-bond acceptors (Lipinski definition) is 3. The van der Waals surface area contributed by atoms with Gasteiger partial charge in [-0.15, -0.1) is 0 Å². The number of carbonyl (C=O) groups excluding carboxylic acids is 1. The van der Waals surface area contributed by atoms with Crippen LogP contribution < -0.4 is 36.9 Å². The van der Waals surface area contributed by atoms with Gasteiger partial charge in [-0.05, 0) is 42.2 Å². The molecule has 232 valence electrons. The zero-order valence-electron chi connectivity index (χ0n) is 26.2. The Morgan fingerprint density at radius 1 is 0.810 bits per heavy atom. The molecule has 0 aliphatic carbocycles. The number of benzene rings is 2. The van der Waals surface area contributed by atoms with Crippen LogP contribution >= 0.6 is 11.3 Å². The van der Waals surface area contributed by atoms with Gasteiger partial charge in [0.15, 0.2) is 12.7 Å². The number of ether oxygens (including phenoxy) is 1. The van der Waals surface area contributed by atoms with Crippen LogP contribution in [0.2, 0.25) is 0 Å². The Labute approximate surface area is 269 Å². The summed E-state index contributed by atoms with van der Waals surface area (Å²) in [5.74, 6) is 0.908. The molecule has 0 saturated heterocycles. The van der Waals surface area contributed by atoms with Crippen molar-refractivity contribution in [3.63, 3.8) is 0 Å². The lowest BCUT2D eigenvalue weighted by Gasteiger charge is -2.24. The molecule has 5 nitrogen and oxygen atoms in total. The monoisotopic (exact) mass is 657 g/mol. The van der Waals surface area contributed by atoms with Gasteiger partial charge >= 0.3 is 6.03 Å². The summed E-state index contributed by atoms with van der Waals surface area (Å²) in [7, 11) is 0. The van der Waals surface area contributed by atoms with E-state index in [1.165, 1.54) is 76.2 Å². The van der Waals surface area contributed by atoms with Gasteiger partial charge in [0.2, 0.25) is 5.51 Å². The van der Waals surface area contributed by atoms with Crippen molar-refractivity contribution in [2.45, 2.75) is 117 Å². The van der Waals surface area contributed by atoms with E-state index in [2.05, 4.69) is 60.0 Å². The van der Waals surface area contributed by atoms with Crippen molar-refractivity contribution < 1.29 is 31.1 Å². The number of urea groups is 1. The van der Waals surface area contributed by atoms with E-state index >= 15 is 0 Å². The molecule has 0 aliphatic rings. The number of thiazole rings is 1. The Hall–Kier alpha value is -2.38. The van der Waals surface area contributed by atoms with E-state index in [-0.39, 0.29) is 28.4 Å². The minimum Gasteiger partial charge on any atom is -1.00 e. The second kappa shape index (κ2) is 19.7. The molecule has 1 aromatic heterocycles. The summed E-state index contributed by atoms with van der Waals surface area (Å²) in [6.07, 6.45) is 18.1. The zero-order valence-corrected chi connectivity index (χ0v) is 28.6. The van der Waals surface area contributed by atoms with Crippen molar-refractivity contribution in [2.24, 2.45) is 0 Å². The Morgan fingerprint density at radius 2 is 1.38 bits per heavy atom. The predicted molar refractivity (Wildman–Crippen MR) is 174 cm³/mol. The largest absolute Gasteiger partial charge is 1.00 e. The highest BCUT2D eigenvalue weighted by molar-refractivity contribution is 7.07.